The van der Waals surface area contributed by atoms with E-state index in [2.05, 4.69) is 15.0 Å². The third-order valence-electron chi connectivity index (χ3n) is 5.20. The minimum Gasteiger partial charge on any atom is -0.493 e. The Balaban J connectivity index is 1.28. The standard InChI is InChI=1S/C23H26N4O4S/c1-3-30-19-6-4-17(14-20(19)29-2)5-7-22(28)27-11-9-26(10-12-27)15-21-24-23(25-31-21)18-8-13-32-16-18/h4-8,13-14,16H,3,9-12,15H2,1-2H3. The van der Waals surface area contributed by atoms with Crippen LogP contribution in [0.5, 0.6) is 11.5 Å². The Bertz CT molecular complexity index is 1060. The van der Waals surface area contributed by atoms with E-state index in [-0.39, 0.29) is 5.91 Å². The van der Waals surface area contributed by atoms with E-state index in [0.29, 0.717) is 49.5 Å². The number of hydrogen-bond acceptors (Lipinski definition) is 8. The van der Waals surface area contributed by atoms with E-state index in [9.17, 15) is 4.79 Å². The van der Waals surface area contributed by atoms with Gasteiger partial charge in [-0.1, -0.05) is 11.2 Å². The molecule has 2 aromatic heterocycles. The molecule has 168 valence electrons. The van der Waals surface area contributed by atoms with Crippen LogP contribution in [-0.4, -0.2) is 65.7 Å². The Morgan fingerprint density at radius 2 is 2.06 bits per heavy atom. The van der Waals surface area contributed by atoms with E-state index in [1.54, 1.807) is 30.6 Å². The Morgan fingerprint density at radius 1 is 1.22 bits per heavy atom. The highest BCUT2D eigenvalue weighted by molar-refractivity contribution is 7.08. The van der Waals surface area contributed by atoms with E-state index < -0.39 is 0 Å². The maximum atomic E-state index is 12.6. The van der Waals surface area contributed by atoms with Crippen LogP contribution in [0.25, 0.3) is 17.5 Å². The summed E-state index contributed by atoms with van der Waals surface area (Å²) in [4.78, 5) is 21.2. The number of hydrogen-bond donors (Lipinski definition) is 0. The number of rotatable bonds is 8. The molecule has 1 fully saturated rings. The lowest BCUT2D eigenvalue weighted by Gasteiger charge is -2.33. The Labute approximate surface area is 191 Å². The first-order valence-corrected chi connectivity index (χ1v) is 11.5. The average molecular weight is 455 g/mol. The van der Waals surface area contributed by atoms with Gasteiger partial charge in [-0.2, -0.15) is 16.3 Å². The molecule has 0 radical (unpaired) electrons. The van der Waals surface area contributed by atoms with Gasteiger partial charge in [0.2, 0.25) is 17.6 Å². The quantitative estimate of drug-likeness (QED) is 0.482. The Kier molecular flexibility index (Phi) is 7.18. The molecule has 4 rings (SSSR count). The lowest BCUT2D eigenvalue weighted by molar-refractivity contribution is -0.127. The SMILES string of the molecule is CCOc1ccc(C=CC(=O)N2CCN(Cc3nc(-c4ccsc4)no3)CC2)cc1OC. The summed E-state index contributed by atoms with van der Waals surface area (Å²) >= 11 is 1.60. The largest absolute Gasteiger partial charge is 0.493 e. The van der Waals surface area contributed by atoms with Crippen LogP contribution in [0.3, 0.4) is 0 Å². The first-order valence-electron chi connectivity index (χ1n) is 10.5. The predicted molar refractivity (Wildman–Crippen MR) is 123 cm³/mol. The van der Waals surface area contributed by atoms with Crippen LogP contribution >= 0.6 is 11.3 Å². The fraction of sp³-hybridized carbons (Fsp3) is 0.348. The summed E-state index contributed by atoms with van der Waals surface area (Å²) in [7, 11) is 1.60. The molecule has 0 unspecified atom stereocenters. The van der Waals surface area contributed by atoms with Crippen LogP contribution in [-0.2, 0) is 11.3 Å². The molecule has 0 saturated carbocycles. The first kappa shape index (κ1) is 22.0. The van der Waals surface area contributed by atoms with Gasteiger partial charge in [0.1, 0.15) is 0 Å². The number of aromatic nitrogens is 2. The minimum absolute atomic E-state index is 0.00460. The molecule has 3 heterocycles. The van der Waals surface area contributed by atoms with Crippen molar-refractivity contribution in [2.75, 3.05) is 39.9 Å². The van der Waals surface area contributed by atoms with Gasteiger partial charge in [0, 0.05) is 43.2 Å². The second-order valence-electron chi connectivity index (χ2n) is 7.30. The summed E-state index contributed by atoms with van der Waals surface area (Å²) in [6.07, 6.45) is 3.41. The molecule has 0 N–H and O–H groups in total. The maximum absolute atomic E-state index is 12.6. The van der Waals surface area contributed by atoms with Crippen molar-refractivity contribution in [3.63, 3.8) is 0 Å². The third kappa shape index (κ3) is 5.35. The topological polar surface area (TPSA) is 80.9 Å². The van der Waals surface area contributed by atoms with Crippen molar-refractivity contribution < 1.29 is 18.8 Å². The van der Waals surface area contributed by atoms with Crippen molar-refractivity contribution in [1.29, 1.82) is 0 Å². The zero-order valence-electron chi connectivity index (χ0n) is 18.2. The number of methoxy groups -OCH3 is 1. The van der Waals surface area contributed by atoms with Crippen molar-refractivity contribution in [2.45, 2.75) is 13.5 Å². The van der Waals surface area contributed by atoms with Crippen molar-refractivity contribution in [2.24, 2.45) is 0 Å². The van der Waals surface area contributed by atoms with Gasteiger partial charge in [0.15, 0.2) is 11.5 Å². The fourth-order valence-corrected chi connectivity index (χ4v) is 4.12. The highest BCUT2D eigenvalue weighted by atomic mass is 32.1. The van der Waals surface area contributed by atoms with Gasteiger partial charge < -0.3 is 18.9 Å². The zero-order chi connectivity index (χ0) is 22.3. The first-order chi connectivity index (χ1) is 15.7. The summed E-state index contributed by atoms with van der Waals surface area (Å²) < 4.78 is 16.3. The van der Waals surface area contributed by atoms with Gasteiger partial charge >= 0.3 is 0 Å². The van der Waals surface area contributed by atoms with Crippen LogP contribution in [0.1, 0.15) is 18.4 Å². The number of thiophene rings is 1. The highest BCUT2D eigenvalue weighted by Crippen LogP contribution is 2.28. The normalized spacial score (nSPS) is 14.8. The smallest absolute Gasteiger partial charge is 0.246 e. The number of nitrogens with zero attached hydrogens (tertiary/aromatic N) is 4. The van der Waals surface area contributed by atoms with Gasteiger partial charge in [0.05, 0.1) is 20.3 Å². The van der Waals surface area contributed by atoms with E-state index in [4.69, 9.17) is 14.0 Å². The number of carbonyl (C=O) groups is 1. The van der Waals surface area contributed by atoms with Gasteiger partial charge in [0.25, 0.3) is 0 Å². The van der Waals surface area contributed by atoms with Gasteiger partial charge in [-0.05, 0) is 42.1 Å². The molecule has 0 aliphatic carbocycles. The summed E-state index contributed by atoms with van der Waals surface area (Å²) in [5.74, 6) is 2.55. The second-order valence-corrected chi connectivity index (χ2v) is 8.08. The van der Waals surface area contributed by atoms with E-state index >= 15 is 0 Å². The van der Waals surface area contributed by atoms with Crippen molar-refractivity contribution >= 4 is 23.3 Å². The predicted octanol–water partition coefficient (Wildman–Crippen LogP) is 3.56. The fourth-order valence-electron chi connectivity index (χ4n) is 3.48. The minimum atomic E-state index is -0.00460. The number of piperazine rings is 1. The van der Waals surface area contributed by atoms with Gasteiger partial charge in [-0.15, -0.1) is 0 Å². The number of carbonyl (C=O) groups excluding carboxylic acids is 1. The molecule has 1 saturated heterocycles. The van der Waals surface area contributed by atoms with Crippen LogP contribution in [0.15, 0.2) is 45.6 Å². The molecule has 0 bridgehead atoms. The van der Waals surface area contributed by atoms with Crippen molar-refractivity contribution in [3.8, 4) is 22.9 Å². The summed E-state index contributed by atoms with van der Waals surface area (Å²) in [5.41, 5.74) is 1.85. The molecule has 1 aromatic carbocycles. The number of amides is 1. The highest BCUT2D eigenvalue weighted by Gasteiger charge is 2.21. The van der Waals surface area contributed by atoms with E-state index in [0.717, 1.165) is 24.2 Å². The third-order valence-corrected chi connectivity index (χ3v) is 5.88. The maximum Gasteiger partial charge on any atom is 0.246 e. The number of ether oxygens (including phenoxy) is 2. The summed E-state index contributed by atoms with van der Waals surface area (Å²) in [6, 6.07) is 7.60. The van der Waals surface area contributed by atoms with Crippen LogP contribution < -0.4 is 9.47 Å². The number of benzene rings is 1. The summed E-state index contributed by atoms with van der Waals surface area (Å²) in [5, 5.41) is 8.04. The average Bonchev–Trinajstić information content (AvgIpc) is 3.51. The Morgan fingerprint density at radius 3 is 2.78 bits per heavy atom. The summed E-state index contributed by atoms with van der Waals surface area (Å²) in [6.45, 7) is 5.90. The van der Waals surface area contributed by atoms with E-state index in [1.807, 2.05) is 46.8 Å². The van der Waals surface area contributed by atoms with Gasteiger partial charge in [-0.25, -0.2) is 0 Å². The molecular formula is C23H26N4O4S. The molecule has 9 heteroatoms. The molecule has 1 amide bonds. The second kappa shape index (κ2) is 10.4. The molecule has 0 spiro atoms. The van der Waals surface area contributed by atoms with Crippen molar-refractivity contribution in [1.82, 2.24) is 19.9 Å². The molecule has 32 heavy (non-hydrogen) atoms. The monoisotopic (exact) mass is 454 g/mol. The van der Waals surface area contributed by atoms with Crippen LogP contribution in [0, 0.1) is 0 Å². The molecule has 8 nitrogen and oxygen atoms in total. The molecule has 3 aromatic rings. The van der Waals surface area contributed by atoms with Crippen LogP contribution in [0.2, 0.25) is 0 Å². The molecule has 0 atom stereocenters. The lowest BCUT2D eigenvalue weighted by Crippen LogP contribution is -2.47. The Hall–Kier alpha value is -3.17. The molecule has 1 aliphatic heterocycles. The van der Waals surface area contributed by atoms with Gasteiger partial charge in [-0.3, -0.25) is 9.69 Å². The zero-order valence-corrected chi connectivity index (χ0v) is 19.0. The van der Waals surface area contributed by atoms with Crippen molar-refractivity contribution in [3.05, 3.63) is 52.6 Å². The van der Waals surface area contributed by atoms with Crippen LogP contribution in [0.4, 0.5) is 0 Å². The molecular weight excluding hydrogens is 428 g/mol. The lowest BCUT2D eigenvalue weighted by atomic mass is 10.2. The molecule has 1 aliphatic rings. The van der Waals surface area contributed by atoms with E-state index in [1.165, 1.54) is 0 Å².